The van der Waals surface area contributed by atoms with Gasteiger partial charge >= 0.3 is 111 Å². The molecule has 0 spiro atoms. The number of aromatic nitrogens is 2. The topological polar surface area (TPSA) is 25.8 Å². The molecule has 1 aliphatic rings. The third kappa shape index (κ3) is 1.41. The average Bonchev–Trinajstić information content (AvgIpc) is 2.84. The van der Waals surface area contributed by atoms with Crippen LogP contribution in [0.4, 0.5) is 0 Å². The van der Waals surface area contributed by atoms with E-state index in [4.69, 9.17) is 0 Å². The molecule has 0 amide bonds. The Hall–Kier alpha value is -1.70. The molecule has 0 aliphatic heterocycles. The zero-order valence-electron chi connectivity index (χ0n) is 9.63. The number of hydrogen-bond acceptors (Lipinski definition) is 2. The fourth-order valence-corrected chi connectivity index (χ4v) is 4.10. The SMILES string of the molecule is c1ccc2c(c1)Cc1ccccc1-c1[se]nnc1-2. The van der Waals surface area contributed by atoms with Crippen LogP contribution >= 0.6 is 0 Å². The molecule has 18 heavy (non-hydrogen) atoms. The van der Waals surface area contributed by atoms with Crippen LogP contribution in [-0.4, -0.2) is 23.9 Å². The molecule has 1 aliphatic carbocycles. The van der Waals surface area contributed by atoms with Gasteiger partial charge in [-0.15, -0.1) is 0 Å². The van der Waals surface area contributed by atoms with Crippen molar-refractivity contribution in [3.63, 3.8) is 0 Å². The minimum atomic E-state index is 0.128. The normalized spacial score (nSPS) is 12.2. The number of benzene rings is 2. The summed E-state index contributed by atoms with van der Waals surface area (Å²) in [6, 6.07) is 17.2. The summed E-state index contributed by atoms with van der Waals surface area (Å²) in [6.45, 7) is 0. The quantitative estimate of drug-likeness (QED) is 0.466. The van der Waals surface area contributed by atoms with Gasteiger partial charge in [0.15, 0.2) is 0 Å². The zero-order chi connectivity index (χ0) is 11.9. The van der Waals surface area contributed by atoms with E-state index in [0.29, 0.717) is 0 Å². The maximum atomic E-state index is 4.39. The number of rotatable bonds is 0. The van der Waals surface area contributed by atoms with E-state index >= 15 is 0 Å². The summed E-state index contributed by atoms with van der Waals surface area (Å²) in [5.41, 5.74) is 6.44. The van der Waals surface area contributed by atoms with Crippen molar-refractivity contribution in [2.24, 2.45) is 0 Å². The van der Waals surface area contributed by atoms with Crippen LogP contribution in [0.5, 0.6) is 0 Å². The van der Waals surface area contributed by atoms with Gasteiger partial charge in [-0.3, -0.25) is 0 Å². The Bertz CT molecular complexity index is 671. The van der Waals surface area contributed by atoms with Crippen LogP contribution < -0.4 is 0 Å². The van der Waals surface area contributed by atoms with E-state index in [9.17, 15) is 0 Å². The zero-order valence-corrected chi connectivity index (χ0v) is 11.3. The Labute approximate surface area is 111 Å². The fourth-order valence-electron chi connectivity index (χ4n) is 2.55. The first-order chi connectivity index (χ1) is 8.93. The van der Waals surface area contributed by atoms with Crippen LogP contribution in [0.2, 0.25) is 0 Å². The third-order valence-electron chi connectivity index (χ3n) is 3.40. The Morgan fingerprint density at radius 1 is 0.833 bits per heavy atom. The van der Waals surface area contributed by atoms with E-state index in [-0.39, 0.29) is 14.7 Å². The summed E-state index contributed by atoms with van der Waals surface area (Å²) in [4.78, 5) is 0. The van der Waals surface area contributed by atoms with Crippen molar-refractivity contribution < 1.29 is 0 Å². The van der Waals surface area contributed by atoms with Crippen LogP contribution in [0.25, 0.3) is 21.3 Å². The van der Waals surface area contributed by atoms with Crippen molar-refractivity contribution in [1.82, 2.24) is 9.19 Å². The summed E-state index contributed by atoms with van der Waals surface area (Å²) in [5, 5.41) is 4.39. The molecular weight excluding hydrogens is 287 g/mol. The van der Waals surface area contributed by atoms with Gasteiger partial charge in [-0.05, 0) is 0 Å². The molecule has 0 atom stereocenters. The van der Waals surface area contributed by atoms with Gasteiger partial charge in [-0.1, -0.05) is 0 Å². The molecule has 0 saturated carbocycles. The van der Waals surface area contributed by atoms with Crippen molar-refractivity contribution in [3.8, 4) is 21.3 Å². The summed E-state index contributed by atoms with van der Waals surface area (Å²) < 4.78 is 5.62. The molecule has 0 bridgehead atoms. The molecule has 3 aromatic rings. The Morgan fingerprint density at radius 3 is 2.33 bits per heavy atom. The number of nitrogens with zero attached hydrogens (tertiary/aromatic N) is 2. The molecule has 1 aromatic heterocycles. The van der Waals surface area contributed by atoms with Gasteiger partial charge in [-0.2, -0.15) is 0 Å². The molecule has 2 nitrogen and oxygen atoms in total. The van der Waals surface area contributed by atoms with Gasteiger partial charge in [0.25, 0.3) is 0 Å². The van der Waals surface area contributed by atoms with Crippen LogP contribution in [0.15, 0.2) is 48.5 Å². The van der Waals surface area contributed by atoms with Crippen molar-refractivity contribution in [1.29, 1.82) is 0 Å². The van der Waals surface area contributed by atoms with Crippen molar-refractivity contribution in [2.45, 2.75) is 6.42 Å². The molecule has 0 unspecified atom stereocenters. The number of fused-ring (bicyclic) bond motifs is 5. The molecule has 0 N–H and O–H groups in total. The standard InChI is InChI=1S/C15H10N2Se/c1-3-7-12-10(5-1)9-11-6-2-4-8-13(11)15-14(12)16-17-18-15/h1-8H,9H2. The van der Waals surface area contributed by atoms with E-state index in [1.807, 2.05) is 0 Å². The first-order valence-electron chi connectivity index (χ1n) is 5.92. The Morgan fingerprint density at radius 2 is 1.50 bits per heavy atom. The second kappa shape index (κ2) is 3.91. The second-order valence-corrected chi connectivity index (χ2v) is 6.02. The Balaban J connectivity index is 2.12. The predicted molar refractivity (Wildman–Crippen MR) is 72.7 cm³/mol. The van der Waals surface area contributed by atoms with Gasteiger partial charge in [0.1, 0.15) is 0 Å². The van der Waals surface area contributed by atoms with E-state index in [0.717, 1.165) is 12.1 Å². The van der Waals surface area contributed by atoms with E-state index < -0.39 is 0 Å². The molecule has 0 saturated heterocycles. The average molecular weight is 297 g/mol. The molecule has 1 heterocycles. The van der Waals surface area contributed by atoms with Crippen molar-refractivity contribution in [3.05, 3.63) is 59.7 Å². The van der Waals surface area contributed by atoms with Crippen LogP contribution in [-0.2, 0) is 6.42 Å². The first-order valence-corrected chi connectivity index (χ1v) is 7.54. The van der Waals surface area contributed by atoms with Crippen molar-refractivity contribution in [2.75, 3.05) is 0 Å². The van der Waals surface area contributed by atoms with Crippen LogP contribution in [0.3, 0.4) is 0 Å². The monoisotopic (exact) mass is 298 g/mol. The summed E-state index contributed by atoms with van der Waals surface area (Å²) >= 11 is 0.128. The summed E-state index contributed by atoms with van der Waals surface area (Å²) in [7, 11) is 0. The van der Waals surface area contributed by atoms with Gasteiger partial charge in [0.05, 0.1) is 0 Å². The first kappa shape index (κ1) is 10.2. The second-order valence-electron chi connectivity index (χ2n) is 4.44. The molecular formula is C15H10N2Se. The predicted octanol–water partition coefficient (Wildman–Crippen LogP) is 2.77. The Kier molecular flexibility index (Phi) is 2.22. The number of hydrogen-bond donors (Lipinski definition) is 0. The molecule has 0 fully saturated rings. The maximum absolute atomic E-state index is 4.39. The summed E-state index contributed by atoms with van der Waals surface area (Å²) in [6.07, 6.45) is 0.991. The summed E-state index contributed by atoms with van der Waals surface area (Å²) in [5.74, 6) is 0. The third-order valence-corrected chi connectivity index (χ3v) is 5.00. The van der Waals surface area contributed by atoms with Crippen LogP contribution in [0, 0.1) is 0 Å². The van der Waals surface area contributed by atoms with E-state index in [1.165, 1.54) is 26.7 Å². The minimum absolute atomic E-state index is 0.128. The molecule has 2 aromatic carbocycles. The van der Waals surface area contributed by atoms with E-state index in [2.05, 4.69) is 57.7 Å². The van der Waals surface area contributed by atoms with Gasteiger partial charge < -0.3 is 0 Å². The molecule has 4 rings (SSSR count). The van der Waals surface area contributed by atoms with Gasteiger partial charge in [0.2, 0.25) is 0 Å². The molecule has 0 radical (unpaired) electrons. The van der Waals surface area contributed by atoms with E-state index in [1.54, 1.807) is 0 Å². The van der Waals surface area contributed by atoms with Gasteiger partial charge in [0, 0.05) is 0 Å². The fraction of sp³-hybridized carbons (Fsp3) is 0.0667. The van der Waals surface area contributed by atoms with Gasteiger partial charge in [-0.25, -0.2) is 0 Å². The molecule has 86 valence electrons. The van der Waals surface area contributed by atoms with Crippen molar-refractivity contribution >= 4 is 14.7 Å². The van der Waals surface area contributed by atoms with Crippen LogP contribution in [0.1, 0.15) is 11.1 Å². The molecule has 3 heteroatoms.